The fourth-order valence-corrected chi connectivity index (χ4v) is 2.41. The molecule has 2 N–H and O–H groups in total. The molecule has 0 radical (unpaired) electrons. The van der Waals surface area contributed by atoms with Crippen LogP contribution < -0.4 is 5.73 Å². The third-order valence-corrected chi connectivity index (χ3v) is 3.61. The Labute approximate surface area is 114 Å². The molecule has 2 atom stereocenters. The summed E-state index contributed by atoms with van der Waals surface area (Å²) >= 11 is 6.24. The number of aryl methyl sites for hydroxylation is 2. The van der Waals surface area contributed by atoms with Gasteiger partial charge in [-0.15, -0.1) is 0 Å². The fraction of sp³-hybridized carbons (Fsp3) is 0.769. The van der Waals surface area contributed by atoms with Crippen LogP contribution in [0.15, 0.2) is 0 Å². The Morgan fingerprint density at radius 2 is 2.11 bits per heavy atom. The van der Waals surface area contributed by atoms with Gasteiger partial charge in [0.1, 0.15) is 0 Å². The van der Waals surface area contributed by atoms with Gasteiger partial charge in [0.15, 0.2) is 0 Å². The number of nitrogens with zero attached hydrogens (tertiary/aromatic N) is 2. The first-order valence-electron chi connectivity index (χ1n) is 6.56. The van der Waals surface area contributed by atoms with Gasteiger partial charge in [-0.3, -0.25) is 4.68 Å². The van der Waals surface area contributed by atoms with Crippen LogP contribution in [0.1, 0.15) is 38.1 Å². The highest BCUT2D eigenvalue weighted by Gasteiger charge is 2.21. The Kier molecular flexibility index (Phi) is 6.12. The lowest BCUT2D eigenvalue weighted by atomic mass is 10.0. The van der Waals surface area contributed by atoms with Crippen molar-refractivity contribution in [2.75, 3.05) is 6.61 Å². The number of nitrogens with two attached hydrogens (primary N) is 1. The van der Waals surface area contributed by atoms with Crippen LogP contribution in [0.5, 0.6) is 0 Å². The van der Waals surface area contributed by atoms with Gasteiger partial charge in [-0.25, -0.2) is 0 Å². The molecule has 104 valence electrons. The zero-order chi connectivity index (χ0) is 13.7. The maximum Gasteiger partial charge on any atom is 0.0847 e. The molecular weight excluding hydrogens is 250 g/mol. The largest absolute Gasteiger partial charge is 0.377 e. The third-order valence-electron chi connectivity index (χ3n) is 3.12. The molecular formula is C13H24ClN3O. The minimum absolute atomic E-state index is 0.0443. The number of rotatable bonds is 7. The highest BCUT2D eigenvalue weighted by molar-refractivity contribution is 6.31. The minimum Gasteiger partial charge on any atom is -0.377 e. The summed E-state index contributed by atoms with van der Waals surface area (Å²) in [7, 11) is 1.90. The van der Waals surface area contributed by atoms with E-state index in [9.17, 15) is 0 Å². The molecule has 4 nitrogen and oxygen atoms in total. The normalized spacial score (nSPS) is 14.8. The summed E-state index contributed by atoms with van der Waals surface area (Å²) in [6, 6.07) is -0.0443. The summed E-state index contributed by atoms with van der Waals surface area (Å²) in [5, 5.41) is 5.03. The molecule has 1 aromatic heterocycles. The van der Waals surface area contributed by atoms with Crippen LogP contribution >= 0.6 is 11.6 Å². The van der Waals surface area contributed by atoms with E-state index in [0.29, 0.717) is 13.0 Å². The molecule has 5 heteroatoms. The molecule has 0 amide bonds. The number of hydrogen-bond donors (Lipinski definition) is 1. The summed E-state index contributed by atoms with van der Waals surface area (Å²) in [6.07, 6.45) is 2.83. The maximum absolute atomic E-state index is 6.24. The molecule has 18 heavy (non-hydrogen) atoms. The average Bonchev–Trinajstić information content (AvgIpc) is 2.55. The molecule has 2 unspecified atom stereocenters. The molecule has 0 aromatic carbocycles. The molecule has 0 saturated carbocycles. The van der Waals surface area contributed by atoms with E-state index in [1.807, 2.05) is 25.6 Å². The molecule has 0 aliphatic carbocycles. The average molecular weight is 274 g/mol. The van der Waals surface area contributed by atoms with E-state index in [0.717, 1.165) is 29.3 Å². The summed E-state index contributed by atoms with van der Waals surface area (Å²) < 4.78 is 7.52. The smallest absolute Gasteiger partial charge is 0.0847 e. The number of hydrogen-bond acceptors (Lipinski definition) is 3. The summed E-state index contributed by atoms with van der Waals surface area (Å²) in [4.78, 5) is 0. The monoisotopic (exact) mass is 273 g/mol. The second kappa shape index (κ2) is 7.12. The molecule has 1 heterocycles. The first-order chi connectivity index (χ1) is 8.51. The molecule has 0 saturated heterocycles. The van der Waals surface area contributed by atoms with E-state index in [1.54, 1.807) is 0 Å². The fourth-order valence-electron chi connectivity index (χ4n) is 2.18. The molecule has 1 rings (SSSR count). The molecule has 1 aromatic rings. The van der Waals surface area contributed by atoms with E-state index in [-0.39, 0.29) is 12.1 Å². The maximum atomic E-state index is 6.24. The van der Waals surface area contributed by atoms with Crippen LogP contribution in [0.3, 0.4) is 0 Å². The third kappa shape index (κ3) is 3.70. The van der Waals surface area contributed by atoms with Gasteiger partial charge in [0, 0.05) is 26.1 Å². The van der Waals surface area contributed by atoms with Gasteiger partial charge in [-0.1, -0.05) is 24.9 Å². The molecule has 0 bridgehead atoms. The number of aromatic nitrogens is 2. The van der Waals surface area contributed by atoms with Crippen molar-refractivity contribution < 1.29 is 4.74 Å². The summed E-state index contributed by atoms with van der Waals surface area (Å²) in [5.74, 6) is 0. The van der Waals surface area contributed by atoms with Crippen molar-refractivity contribution in [1.29, 1.82) is 0 Å². The first-order valence-corrected chi connectivity index (χ1v) is 6.94. The quantitative estimate of drug-likeness (QED) is 0.830. The lowest BCUT2D eigenvalue weighted by molar-refractivity contribution is 0.0374. The van der Waals surface area contributed by atoms with Gasteiger partial charge < -0.3 is 10.5 Å². The Balaban J connectivity index is 2.75. The van der Waals surface area contributed by atoms with Crippen molar-refractivity contribution in [2.45, 2.75) is 52.2 Å². The van der Waals surface area contributed by atoms with Crippen LogP contribution in [0, 0.1) is 6.92 Å². The lowest BCUT2D eigenvalue weighted by Crippen LogP contribution is -2.39. The van der Waals surface area contributed by atoms with E-state index in [4.69, 9.17) is 22.1 Å². The molecule has 0 spiro atoms. The topological polar surface area (TPSA) is 53.1 Å². The van der Waals surface area contributed by atoms with Crippen LogP contribution in [0.4, 0.5) is 0 Å². The van der Waals surface area contributed by atoms with E-state index in [2.05, 4.69) is 12.0 Å². The van der Waals surface area contributed by atoms with Gasteiger partial charge in [0.2, 0.25) is 0 Å². The van der Waals surface area contributed by atoms with Crippen molar-refractivity contribution >= 4 is 11.6 Å². The predicted molar refractivity (Wildman–Crippen MR) is 75.0 cm³/mol. The number of ether oxygens (including phenoxy) is 1. The van der Waals surface area contributed by atoms with Gasteiger partial charge in [0.05, 0.1) is 22.5 Å². The van der Waals surface area contributed by atoms with Gasteiger partial charge in [0.25, 0.3) is 0 Å². The van der Waals surface area contributed by atoms with Crippen LogP contribution in [0.25, 0.3) is 0 Å². The SMILES string of the molecule is CCCC(OCC)C(N)Cc1c(Cl)c(C)nn1C. The predicted octanol–water partition coefficient (Wildman–Crippen LogP) is 2.46. The minimum atomic E-state index is -0.0443. The van der Waals surface area contributed by atoms with E-state index >= 15 is 0 Å². The summed E-state index contributed by atoms with van der Waals surface area (Å²) in [6.45, 7) is 6.73. The van der Waals surface area contributed by atoms with Crippen molar-refractivity contribution in [3.8, 4) is 0 Å². The lowest BCUT2D eigenvalue weighted by Gasteiger charge is -2.23. The first kappa shape index (κ1) is 15.5. The Morgan fingerprint density at radius 3 is 2.56 bits per heavy atom. The van der Waals surface area contributed by atoms with Crippen molar-refractivity contribution in [3.63, 3.8) is 0 Å². The van der Waals surface area contributed by atoms with Crippen molar-refractivity contribution in [2.24, 2.45) is 12.8 Å². The zero-order valence-electron chi connectivity index (χ0n) is 11.7. The van der Waals surface area contributed by atoms with Gasteiger partial charge in [-0.2, -0.15) is 5.10 Å². The highest BCUT2D eigenvalue weighted by atomic mass is 35.5. The van der Waals surface area contributed by atoms with Crippen molar-refractivity contribution in [3.05, 3.63) is 16.4 Å². The van der Waals surface area contributed by atoms with Gasteiger partial charge >= 0.3 is 0 Å². The number of halogens is 1. The van der Waals surface area contributed by atoms with Crippen molar-refractivity contribution in [1.82, 2.24) is 9.78 Å². The standard InChI is InChI=1S/C13H24ClN3O/c1-5-7-12(18-6-2)10(15)8-11-13(14)9(3)16-17(11)4/h10,12H,5-8,15H2,1-4H3. The Bertz CT molecular complexity index is 373. The van der Waals surface area contributed by atoms with Crippen LogP contribution in [-0.2, 0) is 18.2 Å². The van der Waals surface area contributed by atoms with Crippen LogP contribution in [0.2, 0.25) is 5.02 Å². The second-order valence-corrected chi connectivity index (χ2v) is 5.00. The zero-order valence-corrected chi connectivity index (χ0v) is 12.5. The Morgan fingerprint density at radius 1 is 1.44 bits per heavy atom. The molecule has 0 aliphatic rings. The van der Waals surface area contributed by atoms with Crippen LogP contribution in [-0.4, -0.2) is 28.5 Å². The van der Waals surface area contributed by atoms with E-state index < -0.39 is 0 Å². The summed E-state index contributed by atoms with van der Waals surface area (Å²) in [5.41, 5.74) is 8.08. The molecule has 0 fully saturated rings. The Hall–Kier alpha value is -0.580. The van der Waals surface area contributed by atoms with Gasteiger partial charge in [-0.05, 0) is 20.3 Å². The second-order valence-electron chi connectivity index (χ2n) is 4.62. The highest BCUT2D eigenvalue weighted by Crippen LogP contribution is 2.22. The molecule has 0 aliphatic heterocycles. The van der Waals surface area contributed by atoms with E-state index in [1.165, 1.54) is 0 Å².